The van der Waals surface area contributed by atoms with Crippen LogP contribution < -0.4 is 9.64 Å². The van der Waals surface area contributed by atoms with Gasteiger partial charge in [-0.1, -0.05) is 77.9 Å². The molecule has 2 aromatic rings. The summed E-state index contributed by atoms with van der Waals surface area (Å²) in [5.41, 5.74) is 2.56. The van der Waals surface area contributed by atoms with Crippen molar-refractivity contribution >= 4 is 17.4 Å². The maximum absolute atomic E-state index is 13.3. The van der Waals surface area contributed by atoms with E-state index in [1.165, 1.54) is 4.90 Å². The highest BCUT2D eigenvalue weighted by Gasteiger charge is 2.45. The van der Waals surface area contributed by atoms with Gasteiger partial charge >= 0.3 is 0 Å². The van der Waals surface area contributed by atoms with Crippen LogP contribution in [0.1, 0.15) is 65.1 Å². The second kappa shape index (κ2) is 9.19. The summed E-state index contributed by atoms with van der Waals surface area (Å²) in [5.74, 6) is -1.13. The lowest BCUT2D eigenvalue weighted by Gasteiger charge is -2.29. The highest BCUT2D eigenvalue weighted by atomic mass is 16.5. The summed E-state index contributed by atoms with van der Waals surface area (Å²) >= 11 is 0. The molecule has 1 atom stereocenters. The van der Waals surface area contributed by atoms with Gasteiger partial charge in [0.1, 0.15) is 5.75 Å². The standard InChI is InChI=1S/C27H33NO4/c1-7-16-32-21-11-9-8-10-20(21)28-23(18-12-14-19(15-13-18)27(4,5)6)22(24(29)17(2)3)25(30)26(28)31/h8-15,17,23,30H,7,16H2,1-6H3. The van der Waals surface area contributed by atoms with Crippen LogP contribution in [0.2, 0.25) is 0 Å². The molecule has 32 heavy (non-hydrogen) atoms. The van der Waals surface area contributed by atoms with Gasteiger partial charge in [-0.15, -0.1) is 0 Å². The van der Waals surface area contributed by atoms with Crippen molar-refractivity contribution in [3.05, 3.63) is 71.0 Å². The molecule has 5 nitrogen and oxygen atoms in total. The zero-order valence-electron chi connectivity index (χ0n) is 19.8. The number of rotatable bonds is 7. The quantitative estimate of drug-likeness (QED) is 0.588. The Morgan fingerprint density at radius 2 is 1.72 bits per heavy atom. The third kappa shape index (κ3) is 4.43. The van der Waals surface area contributed by atoms with Gasteiger partial charge in [-0.3, -0.25) is 14.5 Å². The first-order valence-electron chi connectivity index (χ1n) is 11.2. The fourth-order valence-electron chi connectivity index (χ4n) is 3.89. The van der Waals surface area contributed by atoms with Crippen LogP contribution in [0.4, 0.5) is 5.69 Å². The molecule has 1 amide bonds. The van der Waals surface area contributed by atoms with Crippen molar-refractivity contribution in [1.82, 2.24) is 0 Å². The van der Waals surface area contributed by atoms with Crippen LogP contribution in [-0.2, 0) is 15.0 Å². The van der Waals surface area contributed by atoms with Crippen LogP contribution in [0.5, 0.6) is 5.75 Å². The van der Waals surface area contributed by atoms with E-state index in [1.807, 2.05) is 43.3 Å². The maximum atomic E-state index is 13.3. The number of ketones is 1. The number of benzene rings is 2. The molecular formula is C27H33NO4. The number of aliphatic hydroxyl groups excluding tert-OH is 1. The fraction of sp³-hybridized carbons (Fsp3) is 0.407. The van der Waals surface area contributed by atoms with E-state index in [-0.39, 0.29) is 22.7 Å². The summed E-state index contributed by atoms with van der Waals surface area (Å²) in [5, 5.41) is 10.8. The van der Waals surface area contributed by atoms with Gasteiger partial charge < -0.3 is 9.84 Å². The molecule has 1 heterocycles. The molecule has 1 N–H and O–H groups in total. The van der Waals surface area contributed by atoms with E-state index >= 15 is 0 Å². The number of nitrogens with zero attached hydrogens (tertiary/aromatic N) is 1. The fourth-order valence-corrected chi connectivity index (χ4v) is 3.89. The van der Waals surface area contributed by atoms with E-state index in [4.69, 9.17) is 4.74 Å². The molecular weight excluding hydrogens is 402 g/mol. The van der Waals surface area contributed by atoms with Gasteiger partial charge in [-0.05, 0) is 35.1 Å². The molecule has 0 spiro atoms. The Labute approximate surface area is 190 Å². The molecule has 170 valence electrons. The molecule has 0 aromatic heterocycles. The lowest BCUT2D eigenvalue weighted by Crippen LogP contribution is -2.32. The van der Waals surface area contributed by atoms with Crippen molar-refractivity contribution < 1.29 is 19.4 Å². The summed E-state index contributed by atoms with van der Waals surface area (Å²) in [6.07, 6.45) is 0.820. The summed E-state index contributed by atoms with van der Waals surface area (Å²) in [4.78, 5) is 27.9. The second-order valence-corrected chi connectivity index (χ2v) is 9.55. The van der Waals surface area contributed by atoms with Crippen LogP contribution in [0.15, 0.2) is 59.9 Å². The molecule has 0 saturated heterocycles. The van der Waals surface area contributed by atoms with Crippen molar-refractivity contribution in [2.75, 3.05) is 11.5 Å². The Hall–Kier alpha value is -3.08. The van der Waals surface area contributed by atoms with E-state index in [9.17, 15) is 14.7 Å². The highest BCUT2D eigenvalue weighted by Crippen LogP contribution is 2.45. The maximum Gasteiger partial charge on any atom is 0.294 e. The number of aliphatic hydroxyl groups is 1. The monoisotopic (exact) mass is 435 g/mol. The number of carbonyl (C=O) groups excluding carboxylic acids is 2. The molecule has 0 bridgehead atoms. The Kier molecular flexibility index (Phi) is 6.77. The number of hydrogen-bond donors (Lipinski definition) is 1. The van der Waals surface area contributed by atoms with Crippen LogP contribution in [0.3, 0.4) is 0 Å². The third-order valence-corrected chi connectivity index (χ3v) is 5.68. The molecule has 3 rings (SSSR count). The largest absolute Gasteiger partial charge is 0.503 e. The minimum atomic E-state index is -0.724. The Balaban J connectivity index is 2.17. The van der Waals surface area contributed by atoms with Gasteiger partial charge in [0.15, 0.2) is 11.5 Å². The topological polar surface area (TPSA) is 66.8 Å². The lowest BCUT2D eigenvalue weighted by atomic mass is 9.85. The first kappa shape index (κ1) is 23.6. The van der Waals surface area contributed by atoms with Crippen LogP contribution in [0.25, 0.3) is 0 Å². The minimum Gasteiger partial charge on any atom is -0.503 e. The van der Waals surface area contributed by atoms with Crippen molar-refractivity contribution in [1.29, 1.82) is 0 Å². The van der Waals surface area contributed by atoms with Crippen molar-refractivity contribution in [2.24, 2.45) is 5.92 Å². The first-order valence-corrected chi connectivity index (χ1v) is 11.2. The summed E-state index contributed by atoms with van der Waals surface area (Å²) in [6, 6.07) is 14.4. The molecule has 0 saturated carbocycles. The summed E-state index contributed by atoms with van der Waals surface area (Å²) in [6.45, 7) is 12.5. The van der Waals surface area contributed by atoms with Gasteiger partial charge in [0.25, 0.3) is 5.91 Å². The average Bonchev–Trinajstić information content (AvgIpc) is 3.02. The molecule has 0 radical (unpaired) electrons. The van der Waals surface area contributed by atoms with E-state index in [1.54, 1.807) is 26.0 Å². The predicted molar refractivity (Wildman–Crippen MR) is 127 cm³/mol. The number of carbonyl (C=O) groups is 2. The Morgan fingerprint density at radius 3 is 2.28 bits per heavy atom. The molecule has 1 aliphatic rings. The number of para-hydroxylation sites is 2. The SMILES string of the molecule is CCCOc1ccccc1N1C(=O)C(O)=C(C(=O)C(C)C)C1c1ccc(C(C)(C)C)cc1. The summed E-state index contributed by atoms with van der Waals surface area (Å²) in [7, 11) is 0. The first-order chi connectivity index (χ1) is 15.1. The van der Waals surface area contributed by atoms with E-state index in [0.29, 0.717) is 18.0 Å². The van der Waals surface area contributed by atoms with Gasteiger partial charge in [0, 0.05) is 5.92 Å². The van der Waals surface area contributed by atoms with Crippen LogP contribution in [-0.4, -0.2) is 23.4 Å². The molecule has 2 aromatic carbocycles. The second-order valence-electron chi connectivity index (χ2n) is 9.55. The predicted octanol–water partition coefficient (Wildman–Crippen LogP) is 5.90. The van der Waals surface area contributed by atoms with E-state index < -0.39 is 17.7 Å². The van der Waals surface area contributed by atoms with E-state index in [2.05, 4.69) is 20.8 Å². The van der Waals surface area contributed by atoms with Crippen LogP contribution >= 0.6 is 0 Å². The molecule has 5 heteroatoms. The molecule has 1 unspecified atom stereocenters. The van der Waals surface area contributed by atoms with Gasteiger partial charge in [0.05, 0.1) is 23.9 Å². The number of amides is 1. The van der Waals surface area contributed by atoms with Crippen molar-refractivity contribution in [2.45, 2.75) is 59.4 Å². The van der Waals surface area contributed by atoms with Gasteiger partial charge in [-0.2, -0.15) is 0 Å². The highest BCUT2D eigenvalue weighted by molar-refractivity contribution is 6.17. The average molecular weight is 436 g/mol. The van der Waals surface area contributed by atoms with E-state index in [0.717, 1.165) is 17.5 Å². The summed E-state index contributed by atoms with van der Waals surface area (Å²) < 4.78 is 5.89. The van der Waals surface area contributed by atoms with Gasteiger partial charge in [0.2, 0.25) is 0 Å². The number of hydrogen-bond acceptors (Lipinski definition) is 4. The lowest BCUT2D eigenvalue weighted by molar-refractivity contribution is -0.119. The van der Waals surface area contributed by atoms with Crippen molar-refractivity contribution in [3.8, 4) is 5.75 Å². The minimum absolute atomic E-state index is 0.0289. The number of Topliss-reactive ketones (excluding diaryl/α,β-unsaturated/α-hetero) is 1. The van der Waals surface area contributed by atoms with Gasteiger partial charge in [-0.25, -0.2) is 0 Å². The molecule has 0 fully saturated rings. The Bertz CT molecular complexity index is 1030. The molecule has 1 aliphatic heterocycles. The van der Waals surface area contributed by atoms with Crippen LogP contribution in [0, 0.1) is 5.92 Å². The zero-order valence-corrected chi connectivity index (χ0v) is 19.8. The molecule has 0 aliphatic carbocycles. The number of ether oxygens (including phenoxy) is 1. The Morgan fingerprint density at radius 1 is 1.09 bits per heavy atom. The smallest absolute Gasteiger partial charge is 0.294 e. The zero-order chi connectivity index (χ0) is 23.6. The number of anilines is 1. The third-order valence-electron chi connectivity index (χ3n) is 5.68. The normalized spacial score (nSPS) is 16.8. The van der Waals surface area contributed by atoms with Crippen molar-refractivity contribution in [3.63, 3.8) is 0 Å².